The summed E-state index contributed by atoms with van der Waals surface area (Å²) in [6, 6.07) is 6.20. The molecule has 7 N–H and O–H groups in total. The lowest BCUT2D eigenvalue weighted by Crippen LogP contribution is -2.48. The Morgan fingerprint density at radius 1 is 1.11 bits per heavy atom. The summed E-state index contributed by atoms with van der Waals surface area (Å²) in [4.78, 5) is 40.7. The third kappa shape index (κ3) is 8.43. The minimum absolute atomic E-state index is 0.0671. The molecule has 1 fully saturated rings. The van der Waals surface area contributed by atoms with Gasteiger partial charge < -0.3 is 31.8 Å². The van der Waals surface area contributed by atoms with Crippen molar-refractivity contribution >= 4 is 29.4 Å². The lowest BCUT2D eigenvalue weighted by Gasteiger charge is -2.36. The van der Waals surface area contributed by atoms with Crippen LogP contribution in [0.1, 0.15) is 39.3 Å². The van der Waals surface area contributed by atoms with Crippen molar-refractivity contribution < 1.29 is 45.8 Å². The molecule has 0 bridgehead atoms. The molecule has 2 aromatic rings. The molecule has 1 aliphatic rings. The number of nitrogens with one attached hydrogen (secondary N) is 2. The zero-order valence-electron chi connectivity index (χ0n) is 18.9. The number of aromatic nitrogens is 1. The first kappa shape index (κ1) is 29.0. The number of alkyl halides is 6. The number of aromatic amines is 1. The Bertz CT molecular complexity index is 1140. The van der Waals surface area contributed by atoms with Crippen molar-refractivity contribution in [3.8, 4) is 0 Å². The second kappa shape index (κ2) is 11.7. The molecule has 37 heavy (non-hydrogen) atoms. The first-order valence-electron chi connectivity index (χ1n) is 10.4. The van der Waals surface area contributed by atoms with E-state index in [0.717, 1.165) is 6.07 Å². The van der Waals surface area contributed by atoms with Crippen LogP contribution in [0.3, 0.4) is 0 Å². The van der Waals surface area contributed by atoms with E-state index in [9.17, 15) is 35.9 Å². The second-order valence-electron chi connectivity index (χ2n) is 7.72. The van der Waals surface area contributed by atoms with Gasteiger partial charge in [-0.05, 0) is 43.2 Å². The monoisotopic (exact) mass is 536 g/mol. The summed E-state index contributed by atoms with van der Waals surface area (Å²) >= 11 is 0. The van der Waals surface area contributed by atoms with Gasteiger partial charge in [0.25, 0.3) is 11.8 Å². The van der Waals surface area contributed by atoms with Crippen LogP contribution in [0.15, 0.2) is 41.5 Å². The maximum absolute atomic E-state index is 13.7. The minimum Gasteiger partial charge on any atom is -0.475 e. The standard InChI is InChI=1S/C19H21F3N6O2.C2HF3O2/c20-19(21,22)13-9-11(16(29)27-18(23)24)5-6-15(13)28-8-2-3-12(10-28)26-17(30)14-4-1-7-25-14;3-2(4,5)1(6)7/h1,4-7,9,12,25H,2-3,8,10H2,(H,26,30)(H4,23,24,27,29);(H,6,7). The number of nitrogens with two attached hydrogens (primary N) is 2. The van der Waals surface area contributed by atoms with Crippen molar-refractivity contribution in [1.82, 2.24) is 10.3 Å². The largest absolute Gasteiger partial charge is 0.490 e. The number of carboxylic acid groups (broad SMARTS) is 1. The average Bonchev–Trinajstić information content (AvgIpc) is 3.33. The first-order valence-corrected chi connectivity index (χ1v) is 10.4. The number of hydrogen-bond acceptors (Lipinski definition) is 4. The van der Waals surface area contributed by atoms with Gasteiger partial charge in [0.15, 0.2) is 5.96 Å². The van der Waals surface area contributed by atoms with Crippen molar-refractivity contribution in [2.45, 2.75) is 31.2 Å². The maximum Gasteiger partial charge on any atom is 0.490 e. The van der Waals surface area contributed by atoms with Gasteiger partial charge in [-0.25, -0.2) is 4.79 Å². The predicted octanol–water partition coefficient (Wildman–Crippen LogP) is 2.48. The van der Waals surface area contributed by atoms with Crippen molar-refractivity contribution in [3.63, 3.8) is 0 Å². The fourth-order valence-corrected chi connectivity index (χ4v) is 3.40. The number of anilines is 1. The van der Waals surface area contributed by atoms with E-state index < -0.39 is 35.8 Å². The number of aliphatic imine (C=N–C) groups is 1. The minimum atomic E-state index is -5.08. The van der Waals surface area contributed by atoms with Crippen molar-refractivity contribution in [2.24, 2.45) is 16.5 Å². The molecule has 1 unspecified atom stereocenters. The molecular weight excluding hydrogens is 514 g/mol. The van der Waals surface area contributed by atoms with Crippen LogP contribution >= 0.6 is 0 Å². The smallest absolute Gasteiger partial charge is 0.475 e. The maximum atomic E-state index is 13.7. The van der Waals surface area contributed by atoms with Gasteiger partial charge in [-0.1, -0.05) is 0 Å². The zero-order valence-corrected chi connectivity index (χ0v) is 18.9. The molecule has 202 valence electrons. The van der Waals surface area contributed by atoms with Gasteiger partial charge in [-0.3, -0.25) is 9.59 Å². The number of carbonyl (C=O) groups excluding carboxylic acids is 2. The molecule has 2 heterocycles. The number of H-pyrrole nitrogens is 1. The Morgan fingerprint density at radius 2 is 1.76 bits per heavy atom. The highest BCUT2D eigenvalue weighted by atomic mass is 19.4. The van der Waals surface area contributed by atoms with E-state index in [0.29, 0.717) is 25.1 Å². The van der Waals surface area contributed by atoms with Crippen LogP contribution in [-0.4, -0.2) is 59.1 Å². The SMILES string of the molecule is NC(N)=NC(=O)c1ccc(N2CCCC(NC(=O)c3ccc[nH]3)C2)c(C(F)(F)F)c1.O=C(O)C(F)(F)F. The molecule has 10 nitrogen and oxygen atoms in total. The summed E-state index contributed by atoms with van der Waals surface area (Å²) in [6.45, 7) is 0.593. The van der Waals surface area contributed by atoms with Gasteiger partial charge in [-0.2, -0.15) is 31.3 Å². The molecule has 0 aliphatic carbocycles. The van der Waals surface area contributed by atoms with Gasteiger partial charge in [0, 0.05) is 36.6 Å². The Kier molecular flexibility index (Phi) is 9.14. The van der Waals surface area contributed by atoms with E-state index in [1.807, 2.05) is 0 Å². The van der Waals surface area contributed by atoms with Crippen molar-refractivity contribution in [1.29, 1.82) is 0 Å². The van der Waals surface area contributed by atoms with Crippen LogP contribution in [0.4, 0.5) is 32.0 Å². The van der Waals surface area contributed by atoms with E-state index in [1.165, 1.54) is 12.1 Å². The van der Waals surface area contributed by atoms with E-state index >= 15 is 0 Å². The summed E-state index contributed by atoms with van der Waals surface area (Å²) in [5.41, 5.74) is 9.34. The number of guanidine groups is 1. The molecule has 1 aromatic heterocycles. The predicted molar refractivity (Wildman–Crippen MR) is 119 cm³/mol. The number of piperidine rings is 1. The quantitative estimate of drug-likeness (QED) is 0.227. The van der Waals surface area contributed by atoms with Crippen LogP contribution in [0.5, 0.6) is 0 Å². The van der Waals surface area contributed by atoms with Crippen molar-refractivity contribution in [3.05, 3.63) is 53.3 Å². The third-order valence-electron chi connectivity index (χ3n) is 4.96. The number of carboxylic acids is 1. The topological polar surface area (TPSA) is 167 Å². The van der Waals surface area contributed by atoms with Gasteiger partial charge in [0.05, 0.1) is 5.56 Å². The van der Waals surface area contributed by atoms with E-state index in [2.05, 4.69) is 15.3 Å². The van der Waals surface area contributed by atoms with Crippen LogP contribution in [0.2, 0.25) is 0 Å². The number of carbonyl (C=O) groups is 3. The van der Waals surface area contributed by atoms with Gasteiger partial charge in [-0.15, -0.1) is 0 Å². The summed E-state index contributed by atoms with van der Waals surface area (Å²) < 4.78 is 72.9. The number of rotatable bonds is 4. The number of halogens is 6. The molecule has 0 radical (unpaired) electrons. The second-order valence-corrected chi connectivity index (χ2v) is 7.72. The molecule has 1 saturated heterocycles. The van der Waals surface area contributed by atoms with Crippen LogP contribution in [0, 0.1) is 0 Å². The normalized spacial score (nSPS) is 15.7. The molecule has 2 amide bonds. The summed E-state index contributed by atoms with van der Waals surface area (Å²) in [5, 5.41) is 9.96. The summed E-state index contributed by atoms with van der Waals surface area (Å²) in [5.74, 6) is -4.57. The lowest BCUT2D eigenvalue weighted by atomic mass is 10.0. The Hall–Kier alpha value is -4.24. The molecule has 1 aliphatic heterocycles. The molecule has 16 heteroatoms. The van der Waals surface area contributed by atoms with Crippen LogP contribution < -0.4 is 21.7 Å². The molecule has 1 aromatic carbocycles. The average molecular weight is 536 g/mol. The molecule has 3 rings (SSSR count). The van der Waals surface area contributed by atoms with E-state index in [4.69, 9.17) is 21.4 Å². The Labute approximate surface area is 205 Å². The first-order chi connectivity index (χ1) is 17.1. The summed E-state index contributed by atoms with van der Waals surface area (Å²) in [6.07, 6.45) is -6.92. The van der Waals surface area contributed by atoms with Gasteiger partial charge in [0.1, 0.15) is 5.69 Å². The molecule has 0 spiro atoms. The fraction of sp³-hybridized carbons (Fsp3) is 0.333. The fourth-order valence-electron chi connectivity index (χ4n) is 3.40. The van der Waals surface area contributed by atoms with Crippen LogP contribution in [-0.2, 0) is 11.0 Å². The molecular formula is C21H22F6N6O4. The van der Waals surface area contributed by atoms with E-state index in [-0.39, 0.29) is 29.7 Å². The highest BCUT2D eigenvalue weighted by Crippen LogP contribution is 2.38. The number of aliphatic carboxylic acids is 1. The van der Waals surface area contributed by atoms with Gasteiger partial charge >= 0.3 is 18.3 Å². The lowest BCUT2D eigenvalue weighted by molar-refractivity contribution is -0.192. The van der Waals surface area contributed by atoms with Gasteiger partial charge in [0.2, 0.25) is 0 Å². The number of amides is 2. The summed E-state index contributed by atoms with van der Waals surface area (Å²) in [7, 11) is 0. The molecule has 0 saturated carbocycles. The number of nitrogens with zero attached hydrogens (tertiary/aromatic N) is 2. The molecule has 1 atom stereocenters. The van der Waals surface area contributed by atoms with E-state index in [1.54, 1.807) is 23.2 Å². The zero-order chi connectivity index (χ0) is 28.0. The highest BCUT2D eigenvalue weighted by Gasteiger charge is 2.38. The third-order valence-corrected chi connectivity index (χ3v) is 4.96. The van der Waals surface area contributed by atoms with Crippen LogP contribution in [0.25, 0.3) is 0 Å². The van der Waals surface area contributed by atoms with Crippen molar-refractivity contribution in [2.75, 3.05) is 18.0 Å². The Morgan fingerprint density at radius 3 is 2.27 bits per heavy atom. The number of hydrogen-bond donors (Lipinski definition) is 5. The highest BCUT2D eigenvalue weighted by molar-refractivity contribution is 6.02. The number of benzene rings is 1. The Balaban J connectivity index is 0.000000604.